The molecule has 2 aromatic rings. The molecule has 0 spiro atoms. The number of aromatic nitrogens is 3. The molecule has 2 aromatic heterocycles. The molecule has 2 aliphatic heterocycles. The minimum atomic E-state index is -0.00364. The highest BCUT2D eigenvalue weighted by molar-refractivity contribution is 7.10. The van der Waals surface area contributed by atoms with Gasteiger partial charge in [0.25, 0.3) is 5.91 Å². The normalized spacial score (nSPS) is 18.6. The van der Waals surface area contributed by atoms with E-state index in [9.17, 15) is 4.79 Å². The van der Waals surface area contributed by atoms with Crippen LogP contribution in [0.4, 0.5) is 0 Å². The van der Waals surface area contributed by atoms with E-state index < -0.39 is 0 Å². The summed E-state index contributed by atoms with van der Waals surface area (Å²) in [6.07, 6.45) is 6.68. The van der Waals surface area contributed by atoms with Gasteiger partial charge in [0.15, 0.2) is 5.69 Å². The lowest BCUT2D eigenvalue weighted by molar-refractivity contribution is 0.0729. The van der Waals surface area contributed by atoms with Crippen molar-refractivity contribution in [3.05, 3.63) is 33.8 Å². The first kappa shape index (κ1) is 15.8. The van der Waals surface area contributed by atoms with Gasteiger partial charge in [-0.15, -0.1) is 16.4 Å². The smallest absolute Gasteiger partial charge is 0.276 e. The number of carbonyl (C=O) groups excluding carboxylic acids is 1. The van der Waals surface area contributed by atoms with Gasteiger partial charge in [0.2, 0.25) is 0 Å². The number of piperidine rings is 1. The van der Waals surface area contributed by atoms with E-state index in [0.717, 1.165) is 26.1 Å². The molecule has 0 aromatic carbocycles. The van der Waals surface area contributed by atoms with Gasteiger partial charge >= 0.3 is 0 Å². The third-order valence-corrected chi connectivity index (χ3v) is 5.97. The van der Waals surface area contributed by atoms with E-state index in [1.54, 1.807) is 17.5 Å². The van der Waals surface area contributed by atoms with Gasteiger partial charge in [-0.05, 0) is 49.4 Å². The number of hydrogen-bond acceptors (Lipinski definition) is 5. The number of fused-ring (bicyclic) bond motifs is 1. The molecule has 0 atom stereocenters. The average molecular weight is 345 g/mol. The van der Waals surface area contributed by atoms with Gasteiger partial charge in [-0.1, -0.05) is 11.6 Å². The second kappa shape index (κ2) is 7.03. The minimum absolute atomic E-state index is 0.00364. The highest BCUT2D eigenvalue weighted by atomic mass is 32.1. The van der Waals surface area contributed by atoms with Crippen LogP contribution >= 0.6 is 11.3 Å². The Balaban J connectivity index is 1.35. The van der Waals surface area contributed by atoms with Crippen LogP contribution in [0.5, 0.6) is 0 Å². The molecule has 0 unspecified atom stereocenters. The van der Waals surface area contributed by atoms with Gasteiger partial charge in [0, 0.05) is 24.5 Å². The maximum Gasteiger partial charge on any atom is 0.276 e. The number of amides is 1. The SMILES string of the molecule is O=C(c1cn(CCN2CCCCC2)nn1)N1CCc2sccc2C1. The van der Waals surface area contributed by atoms with Gasteiger partial charge in [-0.2, -0.15) is 0 Å². The summed E-state index contributed by atoms with van der Waals surface area (Å²) in [4.78, 5) is 18.4. The largest absolute Gasteiger partial charge is 0.332 e. The Morgan fingerprint density at radius 1 is 1.17 bits per heavy atom. The first-order valence-electron chi connectivity index (χ1n) is 8.76. The summed E-state index contributed by atoms with van der Waals surface area (Å²) in [5, 5.41) is 10.4. The Hall–Kier alpha value is -1.73. The second-order valence-electron chi connectivity index (χ2n) is 6.61. The molecule has 24 heavy (non-hydrogen) atoms. The number of carbonyl (C=O) groups is 1. The number of nitrogens with zero attached hydrogens (tertiary/aromatic N) is 5. The molecular weight excluding hydrogens is 322 g/mol. The van der Waals surface area contributed by atoms with E-state index in [0.29, 0.717) is 12.2 Å². The molecule has 0 N–H and O–H groups in total. The Kier molecular flexibility index (Phi) is 4.62. The van der Waals surface area contributed by atoms with Crippen molar-refractivity contribution in [3.63, 3.8) is 0 Å². The van der Waals surface area contributed by atoms with E-state index in [1.807, 2.05) is 9.58 Å². The first-order valence-corrected chi connectivity index (χ1v) is 9.64. The summed E-state index contributed by atoms with van der Waals surface area (Å²) in [5.41, 5.74) is 1.74. The fourth-order valence-electron chi connectivity index (χ4n) is 3.52. The molecule has 0 radical (unpaired) electrons. The summed E-state index contributed by atoms with van der Waals surface area (Å²) < 4.78 is 1.81. The zero-order chi connectivity index (χ0) is 16.4. The number of likely N-dealkylation sites (tertiary alicyclic amines) is 1. The maximum absolute atomic E-state index is 12.7. The molecule has 4 heterocycles. The van der Waals surface area contributed by atoms with Crippen molar-refractivity contribution in [3.8, 4) is 0 Å². The molecule has 0 aliphatic carbocycles. The van der Waals surface area contributed by atoms with Gasteiger partial charge < -0.3 is 9.80 Å². The molecule has 128 valence electrons. The summed E-state index contributed by atoms with van der Waals surface area (Å²) in [7, 11) is 0. The fraction of sp³-hybridized carbons (Fsp3) is 0.588. The van der Waals surface area contributed by atoms with Crippen LogP contribution in [0.2, 0.25) is 0 Å². The highest BCUT2D eigenvalue weighted by Gasteiger charge is 2.24. The van der Waals surface area contributed by atoms with Crippen LogP contribution in [0.3, 0.4) is 0 Å². The zero-order valence-corrected chi connectivity index (χ0v) is 14.7. The molecule has 0 saturated carbocycles. The van der Waals surface area contributed by atoms with E-state index >= 15 is 0 Å². The summed E-state index contributed by atoms with van der Waals surface area (Å²) in [6, 6.07) is 2.12. The Bertz CT molecular complexity index is 703. The monoisotopic (exact) mass is 345 g/mol. The lowest BCUT2D eigenvalue weighted by Crippen LogP contribution is -2.35. The van der Waals surface area contributed by atoms with Crippen LogP contribution in [0, 0.1) is 0 Å². The number of thiophene rings is 1. The number of hydrogen-bond donors (Lipinski definition) is 0. The van der Waals surface area contributed by atoms with Crippen molar-refractivity contribution in [2.75, 3.05) is 26.2 Å². The molecule has 1 saturated heterocycles. The van der Waals surface area contributed by atoms with Crippen molar-refractivity contribution in [1.29, 1.82) is 0 Å². The predicted octanol–water partition coefficient (Wildman–Crippen LogP) is 2.02. The van der Waals surface area contributed by atoms with Crippen LogP contribution in [0.25, 0.3) is 0 Å². The molecular formula is C17H23N5OS. The lowest BCUT2D eigenvalue weighted by atomic mass is 10.1. The van der Waals surface area contributed by atoms with Crippen molar-refractivity contribution in [1.82, 2.24) is 24.8 Å². The predicted molar refractivity (Wildman–Crippen MR) is 93.1 cm³/mol. The van der Waals surface area contributed by atoms with Gasteiger partial charge in [-0.3, -0.25) is 9.48 Å². The van der Waals surface area contributed by atoms with Gasteiger partial charge in [0.05, 0.1) is 12.7 Å². The highest BCUT2D eigenvalue weighted by Crippen LogP contribution is 2.24. The topological polar surface area (TPSA) is 54.3 Å². The van der Waals surface area contributed by atoms with E-state index in [-0.39, 0.29) is 5.91 Å². The average Bonchev–Trinajstić information content (AvgIpc) is 3.29. The molecule has 0 bridgehead atoms. The molecule has 7 heteroatoms. The standard InChI is InChI=1S/C17H23N5OS/c23-17(21-8-4-16-14(12-21)5-11-24-16)15-13-22(19-18-15)10-9-20-6-2-1-3-7-20/h5,11,13H,1-4,6-10,12H2. The second-order valence-corrected chi connectivity index (χ2v) is 7.62. The van der Waals surface area contributed by atoms with Gasteiger partial charge in [-0.25, -0.2) is 0 Å². The Morgan fingerprint density at radius 3 is 2.92 bits per heavy atom. The Morgan fingerprint density at radius 2 is 2.04 bits per heavy atom. The first-order chi connectivity index (χ1) is 11.8. The van der Waals surface area contributed by atoms with Crippen molar-refractivity contribution >= 4 is 17.2 Å². The van der Waals surface area contributed by atoms with Crippen molar-refractivity contribution in [2.24, 2.45) is 0 Å². The van der Waals surface area contributed by atoms with E-state index in [2.05, 4.69) is 26.7 Å². The molecule has 2 aliphatic rings. The molecule has 6 nitrogen and oxygen atoms in total. The lowest BCUT2D eigenvalue weighted by Gasteiger charge is -2.26. The molecule has 1 fully saturated rings. The van der Waals surface area contributed by atoms with Crippen LogP contribution in [0.1, 0.15) is 40.2 Å². The van der Waals surface area contributed by atoms with E-state index in [1.165, 1.54) is 42.8 Å². The van der Waals surface area contributed by atoms with Crippen LogP contribution in [-0.4, -0.2) is 56.9 Å². The molecule has 1 amide bonds. The van der Waals surface area contributed by atoms with E-state index in [4.69, 9.17) is 0 Å². The van der Waals surface area contributed by atoms with Crippen molar-refractivity contribution in [2.45, 2.75) is 38.8 Å². The minimum Gasteiger partial charge on any atom is -0.332 e. The quantitative estimate of drug-likeness (QED) is 0.851. The summed E-state index contributed by atoms with van der Waals surface area (Å²) in [6.45, 7) is 5.60. The third-order valence-electron chi connectivity index (χ3n) is 4.95. The van der Waals surface area contributed by atoms with Crippen LogP contribution in [0.15, 0.2) is 17.6 Å². The summed E-state index contributed by atoms with van der Waals surface area (Å²) in [5.74, 6) is -0.00364. The Labute approximate surface area is 146 Å². The van der Waals surface area contributed by atoms with Crippen LogP contribution < -0.4 is 0 Å². The summed E-state index contributed by atoms with van der Waals surface area (Å²) >= 11 is 1.78. The molecule has 4 rings (SSSR count). The third kappa shape index (κ3) is 3.37. The van der Waals surface area contributed by atoms with Crippen molar-refractivity contribution < 1.29 is 4.79 Å². The van der Waals surface area contributed by atoms with Crippen LogP contribution in [-0.2, 0) is 19.5 Å². The zero-order valence-electron chi connectivity index (χ0n) is 13.9. The fourth-order valence-corrected chi connectivity index (χ4v) is 4.41. The number of rotatable bonds is 4. The van der Waals surface area contributed by atoms with Gasteiger partial charge in [0.1, 0.15) is 0 Å². The maximum atomic E-state index is 12.7.